The Bertz CT molecular complexity index is 1060. The SMILES string of the molecule is NC(=O)CC[C@H](NC(=O)OCc1ccccc1)C(=O)NCC(=O)NCCCn1cc(CCC(=O)O)nn1. The van der Waals surface area contributed by atoms with Crippen LogP contribution in [0.15, 0.2) is 36.5 Å². The molecule has 0 spiro atoms. The summed E-state index contributed by atoms with van der Waals surface area (Å²) >= 11 is 0. The molecule has 1 aromatic carbocycles. The van der Waals surface area contributed by atoms with Crippen molar-refractivity contribution in [3.8, 4) is 0 Å². The van der Waals surface area contributed by atoms with E-state index in [2.05, 4.69) is 26.3 Å². The molecule has 4 amide bonds. The maximum Gasteiger partial charge on any atom is 0.408 e. The molecule has 0 unspecified atom stereocenters. The molecule has 2 aromatic rings. The second kappa shape index (κ2) is 15.5. The first-order valence-corrected chi connectivity index (χ1v) is 11.6. The molecule has 0 aliphatic rings. The molecule has 0 aliphatic carbocycles. The first kappa shape index (κ1) is 28.7. The van der Waals surface area contributed by atoms with Crippen molar-refractivity contribution in [2.45, 2.75) is 51.3 Å². The number of carboxylic acids is 1. The van der Waals surface area contributed by atoms with Crippen LogP contribution < -0.4 is 21.7 Å². The average molecular weight is 518 g/mol. The Labute approximate surface area is 212 Å². The number of rotatable bonds is 16. The number of nitrogens with two attached hydrogens (primary N) is 1. The van der Waals surface area contributed by atoms with Crippen LogP contribution in [0.4, 0.5) is 4.79 Å². The summed E-state index contributed by atoms with van der Waals surface area (Å²) in [5.41, 5.74) is 6.48. The third-order valence-electron chi connectivity index (χ3n) is 4.99. The van der Waals surface area contributed by atoms with E-state index in [0.717, 1.165) is 5.56 Å². The summed E-state index contributed by atoms with van der Waals surface area (Å²) < 4.78 is 6.66. The summed E-state index contributed by atoms with van der Waals surface area (Å²) in [5, 5.41) is 23.9. The maximum absolute atomic E-state index is 12.5. The Morgan fingerprint density at radius 1 is 1.08 bits per heavy atom. The number of amides is 4. The highest BCUT2D eigenvalue weighted by molar-refractivity contribution is 5.89. The fourth-order valence-corrected chi connectivity index (χ4v) is 3.08. The summed E-state index contributed by atoms with van der Waals surface area (Å²) in [5.74, 6) is -2.67. The van der Waals surface area contributed by atoms with E-state index in [1.54, 1.807) is 35.1 Å². The van der Waals surface area contributed by atoms with Gasteiger partial charge in [0.2, 0.25) is 17.7 Å². The van der Waals surface area contributed by atoms with Crippen LogP contribution in [0, 0.1) is 0 Å². The van der Waals surface area contributed by atoms with Crippen LogP contribution in [0.5, 0.6) is 0 Å². The molecule has 0 saturated carbocycles. The van der Waals surface area contributed by atoms with Gasteiger partial charge in [0.1, 0.15) is 12.6 Å². The van der Waals surface area contributed by atoms with Crippen molar-refractivity contribution < 1.29 is 33.8 Å². The molecule has 1 heterocycles. The Kier molecular flexibility index (Phi) is 12.0. The van der Waals surface area contributed by atoms with Crippen molar-refractivity contribution in [2.24, 2.45) is 5.73 Å². The van der Waals surface area contributed by atoms with Crippen LogP contribution in [0.3, 0.4) is 0 Å². The predicted molar refractivity (Wildman–Crippen MR) is 129 cm³/mol. The lowest BCUT2D eigenvalue weighted by Crippen LogP contribution is -2.49. The van der Waals surface area contributed by atoms with Crippen molar-refractivity contribution in [2.75, 3.05) is 13.1 Å². The third kappa shape index (κ3) is 12.2. The minimum atomic E-state index is -1.12. The number of hydrogen-bond acceptors (Lipinski definition) is 8. The second-order valence-corrected chi connectivity index (χ2v) is 8.05. The zero-order chi connectivity index (χ0) is 27.0. The fourth-order valence-electron chi connectivity index (χ4n) is 3.08. The summed E-state index contributed by atoms with van der Waals surface area (Å²) in [7, 11) is 0. The predicted octanol–water partition coefficient (Wildman–Crippen LogP) is -0.522. The van der Waals surface area contributed by atoms with Crippen LogP contribution in [0.1, 0.15) is 36.9 Å². The fraction of sp³-hybridized carbons (Fsp3) is 0.435. The van der Waals surface area contributed by atoms with E-state index in [0.29, 0.717) is 25.2 Å². The van der Waals surface area contributed by atoms with Gasteiger partial charge in [-0.2, -0.15) is 0 Å². The quantitative estimate of drug-likeness (QED) is 0.181. The number of carbonyl (C=O) groups excluding carboxylic acids is 4. The van der Waals surface area contributed by atoms with Gasteiger partial charge in [0.25, 0.3) is 0 Å². The lowest BCUT2D eigenvalue weighted by molar-refractivity contribution is -0.137. The van der Waals surface area contributed by atoms with Crippen LogP contribution in [-0.2, 0) is 43.5 Å². The van der Waals surface area contributed by atoms with Crippen LogP contribution in [0.25, 0.3) is 0 Å². The van der Waals surface area contributed by atoms with Crippen LogP contribution in [0.2, 0.25) is 0 Å². The van der Waals surface area contributed by atoms with Gasteiger partial charge in [0.05, 0.1) is 18.7 Å². The normalized spacial score (nSPS) is 11.2. The van der Waals surface area contributed by atoms with E-state index >= 15 is 0 Å². The maximum atomic E-state index is 12.5. The number of primary amides is 1. The van der Waals surface area contributed by atoms with Crippen molar-refractivity contribution in [1.82, 2.24) is 30.9 Å². The van der Waals surface area contributed by atoms with E-state index in [1.807, 2.05) is 6.07 Å². The molecule has 1 aromatic heterocycles. The minimum Gasteiger partial charge on any atom is -0.481 e. The number of alkyl carbamates (subject to hydrolysis) is 1. The number of carboxylic acid groups (broad SMARTS) is 1. The van der Waals surface area contributed by atoms with Gasteiger partial charge < -0.3 is 31.5 Å². The molecular formula is C23H31N7O7. The number of aromatic nitrogens is 3. The number of ether oxygens (including phenoxy) is 1. The Morgan fingerprint density at radius 2 is 1.84 bits per heavy atom. The topological polar surface area (TPSA) is 208 Å². The standard InChI is InChI=1S/C23H31N7O7/c24-19(31)9-8-18(27-23(36)37-15-16-5-2-1-3-6-16)22(35)26-13-20(32)25-11-4-12-30-14-17(28-29-30)7-10-21(33)34/h1-3,5-6,14,18H,4,7-13,15H2,(H2,24,31)(H,25,32)(H,26,35)(H,27,36)(H,33,34)/t18-/m0/s1. The highest BCUT2D eigenvalue weighted by Gasteiger charge is 2.22. The lowest BCUT2D eigenvalue weighted by Gasteiger charge is -2.18. The van der Waals surface area contributed by atoms with E-state index in [-0.39, 0.29) is 38.8 Å². The van der Waals surface area contributed by atoms with Gasteiger partial charge in [-0.3, -0.25) is 23.9 Å². The molecular weight excluding hydrogens is 486 g/mol. The van der Waals surface area contributed by atoms with Gasteiger partial charge in [-0.1, -0.05) is 35.5 Å². The van der Waals surface area contributed by atoms with E-state index in [1.165, 1.54) is 0 Å². The second-order valence-electron chi connectivity index (χ2n) is 8.05. The van der Waals surface area contributed by atoms with Crippen LogP contribution >= 0.6 is 0 Å². The zero-order valence-corrected chi connectivity index (χ0v) is 20.2. The van der Waals surface area contributed by atoms with Gasteiger partial charge in [-0.05, 0) is 18.4 Å². The summed E-state index contributed by atoms with van der Waals surface area (Å²) in [6.45, 7) is 0.415. The van der Waals surface area contributed by atoms with E-state index < -0.39 is 35.8 Å². The smallest absolute Gasteiger partial charge is 0.408 e. The first-order valence-electron chi connectivity index (χ1n) is 11.6. The summed E-state index contributed by atoms with van der Waals surface area (Å²) in [4.78, 5) is 58.5. The Morgan fingerprint density at radius 3 is 2.54 bits per heavy atom. The summed E-state index contributed by atoms with van der Waals surface area (Å²) in [6, 6.07) is 7.83. The van der Waals surface area contributed by atoms with Crippen molar-refractivity contribution >= 4 is 29.8 Å². The Hall–Kier alpha value is -4.49. The van der Waals surface area contributed by atoms with Gasteiger partial charge in [0, 0.05) is 32.1 Å². The third-order valence-corrected chi connectivity index (χ3v) is 4.99. The lowest BCUT2D eigenvalue weighted by atomic mass is 10.1. The van der Waals surface area contributed by atoms with Gasteiger partial charge in [0.15, 0.2) is 0 Å². The molecule has 0 fully saturated rings. The highest BCUT2D eigenvalue weighted by Crippen LogP contribution is 2.03. The molecule has 0 bridgehead atoms. The van der Waals surface area contributed by atoms with Crippen molar-refractivity contribution in [3.63, 3.8) is 0 Å². The van der Waals surface area contributed by atoms with E-state index in [4.69, 9.17) is 15.6 Å². The number of aryl methyl sites for hydroxylation is 2. The molecule has 2 rings (SSSR count). The number of hydrogen-bond donors (Lipinski definition) is 5. The number of nitrogens with one attached hydrogen (secondary N) is 3. The zero-order valence-electron chi connectivity index (χ0n) is 20.2. The number of nitrogens with zero attached hydrogens (tertiary/aromatic N) is 3. The number of benzene rings is 1. The highest BCUT2D eigenvalue weighted by atomic mass is 16.5. The molecule has 0 radical (unpaired) electrons. The minimum absolute atomic E-state index is 0.00250. The van der Waals surface area contributed by atoms with E-state index in [9.17, 15) is 24.0 Å². The molecule has 14 heteroatoms. The molecule has 37 heavy (non-hydrogen) atoms. The van der Waals surface area contributed by atoms with Gasteiger partial charge in [-0.15, -0.1) is 5.10 Å². The first-order chi connectivity index (χ1) is 17.7. The van der Waals surface area contributed by atoms with Crippen molar-refractivity contribution in [3.05, 3.63) is 47.8 Å². The molecule has 0 saturated heterocycles. The van der Waals surface area contributed by atoms with Crippen LogP contribution in [-0.4, -0.2) is 69.0 Å². The summed E-state index contributed by atoms with van der Waals surface area (Å²) in [6.07, 6.45) is 1.36. The molecule has 200 valence electrons. The van der Waals surface area contributed by atoms with Crippen molar-refractivity contribution in [1.29, 1.82) is 0 Å². The molecule has 6 N–H and O–H groups in total. The molecule has 1 atom stereocenters. The number of aliphatic carboxylic acids is 1. The Balaban J connectivity index is 1.71. The monoisotopic (exact) mass is 517 g/mol. The molecule has 0 aliphatic heterocycles. The van der Waals surface area contributed by atoms with Gasteiger partial charge >= 0.3 is 12.1 Å². The molecule has 14 nitrogen and oxygen atoms in total. The average Bonchev–Trinajstić information content (AvgIpc) is 3.33. The number of carbonyl (C=O) groups is 5. The largest absolute Gasteiger partial charge is 0.481 e. The van der Waals surface area contributed by atoms with Gasteiger partial charge in [-0.25, -0.2) is 4.79 Å².